The number of carbonyl (C=O) groups excluding carboxylic acids is 2. The molecule has 1 saturated heterocycles. The van der Waals surface area contributed by atoms with Gasteiger partial charge in [0.1, 0.15) is 0 Å². The molecule has 2 amide bonds. The van der Waals surface area contributed by atoms with Gasteiger partial charge in [-0.1, -0.05) is 28.1 Å². The van der Waals surface area contributed by atoms with Gasteiger partial charge in [0.25, 0.3) is 0 Å². The number of rotatable bonds is 4. The van der Waals surface area contributed by atoms with Crippen LogP contribution in [0.1, 0.15) is 24.9 Å². The quantitative estimate of drug-likeness (QED) is 0.865. The number of nitrogens with one attached hydrogen (secondary N) is 1. The van der Waals surface area contributed by atoms with Crippen LogP contribution in [0.2, 0.25) is 0 Å². The van der Waals surface area contributed by atoms with Crippen LogP contribution < -0.4 is 5.32 Å². The molecule has 5 nitrogen and oxygen atoms in total. The van der Waals surface area contributed by atoms with Gasteiger partial charge >= 0.3 is 0 Å². The topological polar surface area (TPSA) is 69.6 Å². The maximum absolute atomic E-state index is 12.1. The number of hydrogen-bond acceptors (Lipinski definition) is 3. The summed E-state index contributed by atoms with van der Waals surface area (Å²) in [5.74, 6) is -0.230. The summed E-state index contributed by atoms with van der Waals surface area (Å²) in [6, 6.07) is 7.17. The average Bonchev–Trinajstić information content (AvgIpc) is 2.34. The van der Waals surface area contributed by atoms with Crippen molar-refractivity contribution in [2.24, 2.45) is 0 Å². The molecule has 2 rings (SSSR count). The summed E-state index contributed by atoms with van der Waals surface area (Å²) in [6.07, 6.45) is -0.209. The van der Waals surface area contributed by atoms with E-state index in [0.717, 1.165) is 10.0 Å². The maximum atomic E-state index is 12.1. The fourth-order valence-corrected chi connectivity index (χ4v) is 2.42. The summed E-state index contributed by atoms with van der Waals surface area (Å²) in [5.41, 5.74) is 0.887. The van der Waals surface area contributed by atoms with Gasteiger partial charge in [-0.15, -0.1) is 0 Å². The highest BCUT2D eigenvalue weighted by Gasteiger charge is 2.30. The summed E-state index contributed by atoms with van der Waals surface area (Å²) in [4.78, 5) is 24.9. The van der Waals surface area contributed by atoms with Crippen LogP contribution in [0.5, 0.6) is 0 Å². The van der Waals surface area contributed by atoms with Gasteiger partial charge in [-0.3, -0.25) is 9.59 Å². The lowest BCUT2D eigenvalue weighted by molar-refractivity contribution is -0.142. The second-order valence-corrected chi connectivity index (χ2v) is 5.88. The molecule has 1 atom stereocenters. The van der Waals surface area contributed by atoms with E-state index in [1.807, 2.05) is 24.3 Å². The Balaban J connectivity index is 2.05. The third-order valence-electron chi connectivity index (χ3n) is 3.24. The monoisotopic (exact) mass is 340 g/mol. The first-order chi connectivity index (χ1) is 9.45. The van der Waals surface area contributed by atoms with Crippen molar-refractivity contribution in [2.45, 2.75) is 25.5 Å². The van der Waals surface area contributed by atoms with E-state index in [1.54, 1.807) is 4.90 Å². The van der Waals surface area contributed by atoms with Crippen molar-refractivity contribution in [1.29, 1.82) is 0 Å². The highest BCUT2D eigenvalue weighted by atomic mass is 79.9. The fourth-order valence-electron chi connectivity index (χ4n) is 2.16. The van der Waals surface area contributed by atoms with Gasteiger partial charge in [0.15, 0.2) is 0 Å². The number of carbonyl (C=O) groups is 2. The van der Waals surface area contributed by atoms with E-state index in [9.17, 15) is 14.7 Å². The van der Waals surface area contributed by atoms with E-state index >= 15 is 0 Å². The largest absolute Gasteiger partial charge is 0.389 e. The van der Waals surface area contributed by atoms with Crippen LogP contribution in [0.4, 0.5) is 0 Å². The number of benzene rings is 1. The Hall–Kier alpha value is -1.40. The number of likely N-dealkylation sites (tertiary alicyclic amines) is 1. The lowest BCUT2D eigenvalue weighted by atomic mass is 10.0. The molecule has 0 bridgehead atoms. The summed E-state index contributed by atoms with van der Waals surface area (Å²) >= 11 is 3.36. The molecule has 0 spiro atoms. The molecule has 1 aromatic carbocycles. The zero-order valence-corrected chi connectivity index (χ0v) is 12.8. The SMILES string of the molecule is CC(=O)NC(CC(=O)N1CC(O)C1)c1ccc(Br)cc1. The Bertz CT molecular complexity index is 498. The molecule has 1 aliphatic heterocycles. The number of amides is 2. The molecule has 108 valence electrons. The summed E-state index contributed by atoms with van der Waals surface area (Å²) < 4.78 is 0.944. The van der Waals surface area contributed by atoms with Crippen LogP contribution in [0.15, 0.2) is 28.7 Å². The molecule has 0 saturated carbocycles. The van der Waals surface area contributed by atoms with Gasteiger partial charge in [-0.25, -0.2) is 0 Å². The Morgan fingerprint density at radius 2 is 2.00 bits per heavy atom. The molecule has 2 N–H and O–H groups in total. The van der Waals surface area contributed by atoms with Crippen molar-refractivity contribution in [3.63, 3.8) is 0 Å². The van der Waals surface area contributed by atoms with Crippen molar-refractivity contribution in [1.82, 2.24) is 10.2 Å². The number of aliphatic hydroxyl groups is 1. The molecule has 1 aliphatic rings. The van der Waals surface area contributed by atoms with E-state index < -0.39 is 6.10 Å². The van der Waals surface area contributed by atoms with Gasteiger partial charge in [-0.2, -0.15) is 0 Å². The molecule has 1 heterocycles. The summed E-state index contributed by atoms with van der Waals surface area (Å²) in [7, 11) is 0. The van der Waals surface area contributed by atoms with E-state index in [-0.39, 0.29) is 24.3 Å². The van der Waals surface area contributed by atoms with Crippen LogP contribution in [0, 0.1) is 0 Å². The second-order valence-electron chi connectivity index (χ2n) is 4.96. The van der Waals surface area contributed by atoms with Crippen molar-refractivity contribution >= 4 is 27.7 Å². The molecule has 0 aromatic heterocycles. The highest BCUT2D eigenvalue weighted by Crippen LogP contribution is 2.22. The van der Waals surface area contributed by atoms with Crippen LogP contribution in [-0.4, -0.2) is 41.0 Å². The minimum atomic E-state index is -0.411. The molecule has 1 fully saturated rings. The van der Waals surface area contributed by atoms with E-state index in [0.29, 0.717) is 13.1 Å². The van der Waals surface area contributed by atoms with E-state index in [2.05, 4.69) is 21.2 Å². The number of β-amino-alcohol motifs (C(OH)–C–C–N with tert-alkyl or cyclic N) is 1. The van der Waals surface area contributed by atoms with Gasteiger partial charge in [0.05, 0.1) is 18.6 Å². The Morgan fingerprint density at radius 3 is 2.50 bits per heavy atom. The highest BCUT2D eigenvalue weighted by molar-refractivity contribution is 9.10. The smallest absolute Gasteiger partial charge is 0.225 e. The average molecular weight is 341 g/mol. The van der Waals surface area contributed by atoms with Crippen molar-refractivity contribution in [2.75, 3.05) is 13.1 Å². The molecule has 0 radical (unpaired) electrons. The minimum absolute atomic E-state index is 0.0584. The Morgan fingerprint density at radius 1 is 1.40 bits per heavy atom. The third-order valence-corrected chi connectivity index (χ3v) is 3.77. The maximum Gasteiger partial charge on any atom is 0.225 e. The predicted octanol–water partition coefficient (Wildman–Crippen LogP) is 1.22. The lowest BCUT2D eigenvalue weighted by Gasteiger charge is -2.36. The first kappa shape index (κ1) is 15.0. The number of halogens is 1. The molecule has 1 unspecified atom stereocenters. The third kappa shape index (κ3) is 3.80. The molecule has 0 aliphatic carbocycles. The first-order valence-electron chi connectivity index (χ1n) is 6.44. The number of nitrogens with zero attached hydrogens (tertiary/aromatic N) is 1. The van der Waals surface area contributed by atoms with E-state index in [1.165, 1.54) is 6.92 Å². The molecule has 6 heteroatoms. The molecular formula is C14H17BrN2O3. The van der Waals surface area contributed by atoms with Crippen molar-refractivity contribution < 1.29 is 14.7 Å². The van der Waals surface area contributed by atoms with Crippen LogP contribution >= 0.6 is 15.9 Å². The minimum Gasteiger partial charge on any atom is -0.389 e. The molecule has 20 heavy (non-hydrogen) atoms. The van der Waals surface area contributed by atoms with Crippen molar-refractivity contribution in [3.8, 4) is 0 Å². The van der Waals surface area contributed by atoms with E-state index in [4.69, 9.17) is 0 Å². The van der Waals surface area contributed by atoms with Gasteiger partial charge in [-0.05, 0) is 17.7 Å². The summed E-state index contributed by atoms with van der Waals surface area (Å²) in [6.45, 7) is 2.20. The van der Waals surface area contributed by atoms with Crippen molar-refractivity contribution in [3.05, 3.63) is 34.3 Å². The zero-order chi connectivity index (χ0) is 14.7. The standard InChI is InChI=1S/C14H17BrN2O3/c1-9(18)16-13(10-2-4-11(15)5-3-10)6-14(20)17-7-12(19)8-17/h2-5,12-13,19H,6-8H2,1H3,(H,16,18). The van der Waals surface area contributed by atoms with Gasteiger partial charge in [0, 0.05) is 24.5 Å². The zero-order valence-electron chi connectivity index (χ0n) is 11.2. The second kappa shape index (κ2) is 6.37. The Kier molecular flexibility index (Phi) is 4.77. The van der Waals surface area contributed by atoms with Gasteiger partial charge in [0.2, 0.25) is 11.8 Å². The normalized spacial score (nSPS) is 16.4. The van der Waals surface area contributed by atoms with Crippen LogP contribution in [0.25, 0.3) is 0 Å². The molecular weight excluding hydrogens is 324 g/mol. The number of aliphatic hydroxyl groups excluding tert-OH is 1. The predicted molar refractivity (Wildman–Crippen MR) is 77.9 cm³/mol. The summed E-state index contributed by atoms with van der Waals surface area (Å²) in [5, 5.41) is 12.0. The molecule has 1 aromatic rings. The van der Waals surface area contributed by atoms with Crippen LogP contribution in [-0.2, 0) is 9.59 Å². The lowest BCUT2D eigenvalue weighted by Crippen LogP contribution is -2.54. The fraction of sp³-hybridized carbons (Fsp3) is 0.429. The van der Waals surface area contributed by atoms with Crippen LogP contribution in [0.3, 0.4) is 0 Å². The number of hydrogen-bond donors (Lipinski definition) is 2. The Labute approximate surface area is 126 Å². The van der Waals surface area contributed by atoms with Gasteiger partial charge < -0.3 is 15.3 Å². The first-order valence-corrected chi connectivity index (χ1v) is 7.23.